The second kappa shape index (κ2) is 7.63. The Hall–Kier alpha value is -2.13. The molecule has 1 aliphatic heterocycles. The summed E-state index contributed by atoms with van der Waals surface area (Å²) in [7, 11) is 1.45. The van der Waals surface area contributed by atoms with Gasteiger partial charge in [-0.15, -0.1) is 0 Å². The molecule has 9 heteroatoms. The van der Waals surface area contributed by atoms with Crippen LogP contribution in [0.15, 0.2) is 26.5 Å². The molecule has 0 unspecified atom stereocenters. The van der Waals surface area contributed by atoms with Gasteiger partial charge < -0.3 is 14.8 Å². The zero-order valence-electron chi connectivity index (χ0n) is 13.0. The van der Waals surface area contributed by atoms with E-state index >= 15 is 0 Å². The van der Waals surface area contributed by atoms with Crippen molar-refractivity contribution in [1.82, 2.24) is 5.32 Å². The van der Waals surface area contributed by atoms with Gasteiger partial charge in [0.15, 0.2) is 16.7 Å². The van der Waals surface area contributed by atoms with Crippen molar-refractivity contribution in [1.29, 1.82) is 0 Å². The number of hydrogen-bond donors (Lipinski definition) is 1. The van der Waals surface area contributed by atoms with Crippen molar-refractivity contribution >= 4 is 56.7 Å². The Morgan fingerprint density at radius 3 is 2.58 bits per heavy atom. The van der Waals surface area contributed by atoms with Crippen LogP contribution in [0.3, 0.4) is 0 Å². The molecule has 1 aromatic rings. The number of thioether (sulfide) groups is 1. The van der Waals surface area contributed by atoms with E-state index in [1.807, 2.05) is 0 Å². The predicted octanol–water partition coefficient (Wildman–Crippen LogP) is 2.49. The van der Waals surface area contributed by atoms with Crippen LogP contribution in [0.4, 0.5) is 0 Å². The molecular weight excluding hydrogens is 400 g/mol. The standard InChI is InChI=1S/C15H13BrN2O5S/c1-7(19)17-15-18-14(21)13(24-15)5-9-4-11(22-3)12(6-10(9)16)23-8(2)20/h4-6H,1-3H3,(H,17,18,19,21)/b13-5+. The average Bonchev–Trinajstić information content (AvgIpc) is 2.80. The Balaban J connectivity index is 2.32. The highest BCUT2D eigenvalue weighted by molar-refractivity contribution is 9.10. The van der Waals surface area contributed by atoms with E-state index < -0.39 is 11.9 Å². The SMILES string of the molecule is COc1cc(/C=C2/SC(NC(C)=O)=NC2=O)c(Br)cc1OC(C)=O. The summed E-state index contributed by atoms with van der Waals surface area (Å²) >= 11 is 4.43. The number of amidine groups is 1. The molecule has 0 aromatic heterocycles. The Morgan fingerprint density at radius 2 is 2.00 bits per heavy atom. The van der Waals surface area contributed by atoms with E-state index in [2.05, 4.69) is 26.2 Å². The molecule has 1 N–H and O–H groups in total. The molecule has 0 saturated carbocycles. The third-order valence-electron chi connectivity index (χ3n) is 2.73. The average molecular weight is 413 g/mol. The van der Waals surface area contributed by atoms with E-state index in [9.17, 15) is 14.4 Å². The molecule has 1 aromatic carbocycles. The highest BCUT2D eigenvalue weighted by atomic mass is 79.9. The molecule has 0 atom stereocenters. The molecule has 0 aliphatic carbocycles. The summed E-state index contributed by atoms with van der Waals surface area (Å²) in [6.45, 7) is 2.63. The summed E-state index contributed by atoms with van der Waals surface area (Å²) in [5.74, 6) is -0.609. The van der Waals surface area contributed by atoms with Crippen molar-refractivity contribution in [3.8, 4) is 11.5 Å². The molecule has 1 aliphatic rings. The van der Waals surface area contributed by atoms with Gasteiger partial charge in [-0.25, -0.2) is 0 Å². The van der Waals surface area contributed by atoms with Crippen LogP contribution >= 0.6 is 27.7 Å². The second-order valence-electron chi connectivity index (χ2n) is 4.63. The van der Waals surface area contributed by atoms with Crippen molar-refractivity contribution < 1.29 is 23.9 Å². The Morgan fingerprint density at radius 1 is 1.29 bits per heavy atom. The number of hydrogen-bond acceptors (Lipinski definition) is 6. The van der Waals surface area contributed by atoms with E-state index in [0.29, 0.717) is 20.7 Å². The van der Waals surface area contributed by atoms with Crippen molar-refractivity contribution in [3.05, 3.63) is 27.1 Å². The molecule has 0 saturated heterocycles. The molecule has 1 heterocycles. The first-order chi connectivity index (χ1) is 11.3. The smallest absolute Gasteiger partial charge is 0.308 e. The Kier molecular flexibility index (Phi) is 5.79. The number of amides is 2. The maximum Gasteiger partial charge on any atom is 0.308 e. The van der Waals surface area contributed by atoms with Crippen LogP contribution in [0.2, 0.25) is 0 Å². The highest BCUT2D eigenvalue weighted by Crippen LogP contribution is 2.36. The zero-order chi connectivity index (χ0) is 17.9. The largest absolute Gasteiger partial charge is 0.493 e. The first-order valence-corrected chi connectivity index (χ1v) is 8.27. The van der Waals surface area contributed by atoms with Crippen LogP contribution in [-0.4, -0.2) is 30.1 Å². The summed E-state index contributed by atoms with van der Waals surface area (Å²) < 4.78 is 10.9. The molecule has 2 rings (SSSR count). The van der Waals surface area contributed by atoms with Gasteiger partial charge in [-0.05, 0) is 35.5 Å². The van der Waals surface area contributed by atoms with Crippen molar-refractivity contribution in [2.45, 2.75) is 13.8 Å². The van der Waals surface area contributed by atoms with Gasteiger partial charge in [-0.1, -0.05) is 15.9 Å². The number of carbonyl (C=O) groups excluding carboxylic acids is 3. The normalized spacial score (nSPS) is 15.2. The monoisotopic (exact) mass is 412 g/mol. The third kappa shape index (κ3) is 4.45. The van der Waals surface area contributed by atoms with Crippen LogP contribution < -0.4 is 14.8 Å². The van der Waals surface area contributed by atoms with Gasteiger partial charge in [0.2, 0.25) is 5.91 Å². The van der Waals surface area contributed by atoms with Gasteiger partial charge in [0.1, 0.15) is 0 Å². The van der Waals surface area contributed by atoms with Crippen LogP contribution in [0.1, 0.15) is 19.4 Å². The minimum Gasteiger partial charge on any atom is -0.493 e. The van der Waals surface area contributed by atoms with Gasteiger partial charge in [0.25, 0.3) is 5.91 Å². The first-order valence-electron chi connectivity index (χ1n) is 6.66. The fourth-order valence-corrected chi connectivity index (χ4v) is 3.10. The Bertz CT molecular complexity index is 788. The number of methoxy groups -OCH3 is 1. The van der Waals surface area contributed by atoms with Crippen LogP contribution in [-0.2, 0) is 14.4 Å². The lowest BCUT2D eigenvalue weighted by molar-refractivity contribution is -0.132. The first kappa shape index (κ1) is 18.2. The number of aliphatic imine (C=N–C) groups is 1. The summed E-state index contributed by atoms with van der Waals surface area (Å²) in [5.41, 5.74) is 0.637. The molecule has 0 spiro atoms. The molecule has 7 nitrogen and oxygen atoms in total. The van der Waals surface area contributed by atoms with Crippen molar-refractivity contribution in [3.63, 3.8) is 0 Å². The van der Waals surface area contributed by atoms with Crippen LogP contribution in [0.5, 0.6) is 11.5 Å². The van der Waals surface area contributed by atoms with Gasteiger partial charge in [0.05, 0.1) is 12.0 Å². The number of benzene rings is 1. The number of esters is 1. The van der Waals surface area contributed by atoms with Gasteiger partial charge in [0, 0.05) is 18.3 Å². The number of nitrogens with one attached hydrogen (secondary N) is 1. The summed E-state index contributed by atoms with van der Waals surface area (Å²) in [5, 5.41) is 2.71. The van der Waals surface area contributed by atoms with Gasteiger partial charge in [-0.3, -0.25) is 14.4 Å². The fourth-order valence-electron chi connectivity index (χ4n) is 1.81. The minimum absolute atomic E-state index is 0.235. The van der Waals surface area contributed by atoms with E-state index in [-0.39, 0.29) is 16.8 Å². The summed E-state index contributed by atoms with van der Waals surface area (Å²) in [6, 6.07) is 3.20. The second-order valence-corrected chi connectivity index (χ2v) is 6.52. The molecular formula is C15H13BrN2O5S. The zero-order valence-corrected chi connectivity index (χ0v) is 15.4. The molecule has 24 heavy (non-hydrogen) atoms. The maximum atomic E-state index is 11.9. The van der Waals surface area contributed by atoms with Crippen LogP contribution in [0.25, 0.3) is 6.08 Å². The van der Waals surface area contributed by atoms with E-state index in [1.165, 1.54) is 21.0 Å². The quantitative estimate of drug-likeness (QED) is 0.465. The number of carbonyl (C=O) groups is 3. The Labute approximate surface area is 150 Å². The van der Waals surface area contributed by atoms with Crippen molar-refractivity contribution in [2.24, 2.45) is 4.99 Å². The lowest BCUT2D eigenvalue weighted by Gasteiger charge is -2.10. The molecule has 2 amide bonds. The predicted molar refractivity (Wildman–Crippen MR) is 93.8 cm³/mol. The fraction of sp³-hybridized carbons (Fsp3) is 0.200. The maximum absolute atomic E-state index is 11.9. The lowest BCUT2D eigenvalue weighted by atomic mass is 10.2. The number of halogens is 1. The molecule has 0 radical (unpaired) electrons. The molecule has 126 valence electrons. The molecule has 0 fully saturated rings. The van der Waals surface area contributed by atoms with E-state index in [0.717, 1.165) is 11.8 Å². The van der Waals surface area contributed by atoms with Crippen molar-refractivity contribution in [2.75, 3.05) is 7.11 Å². The summed E-state index contributed by atoms with van der Waals surface area (Å²) in [6.07, 6.45) is 1.61. The number of nitrogens with zero attached hydrogens (tertiary/aromatic N) is 1. The van der Waals surface area contributed by atoms with Gasteiger partial charge in [-0.2, -0.15) is 4.99 Å². The minimum atomic E-state index is -0.471. The highest BCUT2D eigenvalue weighted by Gasteiger charge is 2.23. The molecule has 0 bridgehead atoms. The van der Waals surface area contributed by atoms with Gasteiger partial charge >= 0.3 is 5.97 Å². The number of ether oxygens (including phenoxy) is 2. The lowest BCUT2D eigenvalue weighted by Crippen LogP contribution is -2.23. The van der Waals surface area contributed by atoms with E-state index in [1.54, 1.807) is 18.2 Å². The summed E-state index contributed by atoms with van der Waals surface area (Å²) in [4.78, 5) is 38.2. The number of rotatable bonds is 3. The third-order valence-corrected chi connectivity index (χ3v) is 4.31. The van der Waals surface area contributed by atoms with E-state index in [4.69, 9.17) is 9.47 Å². The van der Waals surface area contributed by atoms with Crippen LogP contribution in [0, 0.1) is 0 Å². The topological polar surface area (TPSA) is 94.1 Å².